The van der Waals surface area contributed by atoms with Crippen LogP contribution in [0.1, 0.15) is 18.4 Å². The molecule has 3 heterocycles. The number of rotatable bonds is 4. The minimum Gasteiger partial charge on any atom is -0.380 e. The smallest absolute Gasteiger partial charge is 0.252 e. The number of pyridine rings is 1. The molecule has 1 amide bonds. The van der Waals surface area contributed by atoms with E-state index in [-0.39, 0.29) is 17.9 Å². The highest BCUT2D eigenvalue weighted by molar-refractivity contribution is 5.85. The number of hydrogen-bond acceptors (Lipinski definition) is 5. The van der Waals surface area contributed by atoms with Crippen molar-refractivity contribution in [1.82, 2.24) is 15.2 Å². The summed E-state index contributed by atoms with van der Waals surface area (Å²) in [5.74, 6) is -0.0166. The molecule has 2 N–H and O–H groups in total. The molecule has 23 heavy (non-hydrogen) atoms. The standard InChI is InChI=1S/C17H25N3O3/c1-20-8-4-17(22,5-9-20)16(21)19-15-12-23-11-14(15)10-13-2-6-18-7-3-13/h2-3,6-7,14-15,22H,4-5,8-12H2,1H3,(H,19,21)/t14-,15+/m1/s1. The molecule has 0 bridgehead atoms. The van der Waals surface area contributed by atoms with Crippen LogP contribution >= 0.6 is 0 Å². The van der Waals surface area contributed by atoms with Gasteiger partial charge < -0.3 is 20.1 Å². The van der Waals surface area contributed by atoms with Gasteiger partial charge in [0.05, 0.1) is 19.3 Å². The van der Waals surface area contributed by atoms with Gasteiger partial charge in [-0.1, -0.05) is 0 Å². The fourth-order valence-corrected chi connectivity index (χ4v) is 3.30. The summed E-state index contributed by atoms with van der Waals surface area (Å²) in [5.41, 5.74) is -0.0520. The second-order valence-electron chi connectivity index (χ2n) is 6.77. The first-order valence-corrected chi connectivity index (χ1v) is 8.25. The predicted octanol–water partition coefficient (Wildman–Crippen LogP) is 0.212. The van der Waals surface area contributed by atoms with E-state index in [2.05, 4.69) is 15.2 Å². The van der Waals surface area contributed by atoms with Gasteiger partial charge in [-0.25, -0.2) is 0 Å². The van der Waals surface area contributed by atoms with E-state index in [1.54, 1.807) is 12.4 Å². The van der Waals surface area contributed by atoms with Crippen molar-refractivity contribution in [2.45, 2.75) is 30.9 Å². The van der Waals surface area contributed by atoms with Crippen LogP contribution in [0.15, 0.2) is 24.5 Å². The van der Waals surface area contributed by atoms with Gasteiger partial charge >= 0.3 is 0 Å². The zero-order valence-electron chi connectivity index (χ0n) is 13.6. The number of ether oxygens (including phenoxy) is 1. The first kappa shape index (κ1) is 16.4. The molecule has 6 nitrogen and oxygen atoms in total. The van der Waals surface area contributed by atoms with Crippen molar-refractivity contribution in [2.75, 3.05) is 33.4 Å². The molecule has 1 aromatic heterocycles. The fraction of sp³-hybridized carbons (Fsp3) is 0.647. The molecular weight excluding hydrogens is 294 g/mol. The Kier molecular flexibility index (Phi) is 4.94. The summed E-state index contributed by atoms with van der Waals surface area (Å²) in [5, 5.41) is 13.6. The molecule has 126 valence electrons. The van der Waals surface area contributed by atoms with Crippen molar-refractivity contribution in [3.63, 3.8) is 0 Å². The molecule has 0 radical (unpaired) electrons. The van der Waals surface area contributed by atoms with Crippen LogP contribution in [0, 0.1) is 5.92 Å². The van der Waals surface area contributed by atoms with Crippen LogP contribution in [0.2, 0.25) is 0 Å². The van der Waals surface area contributed by atoms with Crippen molar-refractivity contribution < 1.29 is 14.6 Å². The molecule has 0 aliphatic carbocycles. The molecule has 0 saturated carbocycles. The number of hydrogen-bond donors (Lipinski definition) is 2. The molecule has 2 fully saturated rings. The second-order valence-corrected chi connectivity index (χ2v) is 6.77. The summed E-state index contributed by atoms with van der Waals surface area (Å²) in [6.07, 6.45) is 5.37. The van der Waals surface area contributed by atoms with E-state index in [0.29, 0.717) is 26.1 Å². The number of piperidine rings is 1. The molecule has 2 aliphatic rings. The van der Waals surface area contributed by atoms with Gasteiger partial charge in [0.2, 0.25) is 0 Å². The molecule has 2 aliphatic heterocycles. The number of nitrogens with one attached hydrogen (secondary N) is 1. The Labute approximate surface area is 136 Å². The molecule has 0 aromatic carbocycles. The molecule has 0 spiro atoms. The maximum absolute atomic E-state index is 12.5. The number of carbonyl (C=O) groups is 1. The minimum absolute atomic E-state index is 0.0423. The van der Waals surface area contributed by atoms with Crippen LogP contribution in [0.25, 0.3) is 0 Å². The van der Waals surface area contributed by atoms with Crippen LogP contribution in [0.5, 0.6) is 0 Å². The van der Waals surface area contributed by atoms with Crippen molar-refractivity contribution in [3.05, 3.63) is 30.1 Å². The number of likely N-dealkylation sites (tertiary alicyclic amines) is 1. The van der Waals surface area contributed by atoms with Crippen LogP contribution in [0.4, 0.5) is 0 Å². The number of nitrogens with zero attached hydrogens (tertiary/aromatic N) is 2. The first-order chi connectivity index (χ1) is 11.1. The van der Waals surface area contributed by atoms with Gasteiger partial charge in [0.1, 0.15) is 5.60 Å². The lowest BCUT2D eigenvalue weighted by molar-refractivity contribution is -0.145. The third-order valence-electron chi connectivity index (χ3n) is 5.00. The maximum atomic E-state index is 12.5. The highest BCUT2D eigenvalue weighted by Gasteiger charge is 2.41. The lowest BCUT2D eigenvalue weighted by Crippen LogP contribution is -2.56. The fourth-order valence-electron chi connectivity index (χ4n) is 3.30. The zero-order valence-corrected chi connectivity index (χ0v) is 13.6. The SMILES string of the molecule is CN1CCC(O)(C(=O)N[C@H]2COC[C@H]2Cc2ccncc2)CC1. The van der Waals surface area contributed by atoms with Gasteiger partial charge in [-0.3, -0.25) is 9.78 Å². The van der Waals surface area contributed by atoms with E-state index < -0.39 is 5.60 Å². The average molecular weight is 319 g/mol. The summed E-state index contributed by atoms with van der Waals surface area (Å²) in [6.45, 7) is 2.63. The normalized spacial score (nSPS) is 27.7. The van der Waals surface area contributed by atoms with Gasteiger partial charge in [0.15, 0.2) is 0 Å². The van der Waals surface area contributed by atoms with Crippen molar-refractivity contribution in [3.8, 4) is 0 Å². The van der Waals surface area contributed by atoms with E-state index in [0.717, 1.165) is 19.5 Å². The Hall–Kier alpha value is -1.50. The lowest BCUT2D eigenvalue weighted by atomic mass is 9.89. The summed E-state index contributed by atoms with van der Waals surface area (Å²) in [6, 6.07) is 3.93. The summed E-state index contributed by atoms with van der Waals surface area (Å²) in [7, 11) is 2.01. The number of amides is 1. The topological polar surface area (TPSA) is 74.7 Å². The van der Waals surface area contributed by atoms with Crippen molar-refractivity contribution >= 4 is 5.91 Å². The number of aromatic nitrogens is 1. The van der Waals surface area contributed by atoms with Gasteiger partial charge in [0.25, 0.3) is 5.91 Å². The van der Waals surface area contributed by atoms with E-state index in [4.69, 9.17) is 4.74 Å². The van der Waals surface area contributed by atoms with Gasteiger partial charge in [-0.05, 0) is 44.0 Å². The summed E-state index contributed by atoms with van der Waals surface area (Å²) in [4.78, 5) is 18.7. The highest BCUT2D eigenvalue weighted by Crippen LogP contribution is 2.24. The number of carbonyl (C=O) groups excluding carboxylic acids is 1. The van der Waals surface area contributed by atoms with Crippen LogP contribution in [0.3, 0.4) is 0 Å². The van der Waals surface area contributed by atoms with E-state index >= 15 is 0 Å². The van der Waals surface area contributed by atoms with E-state index in [9.17, 15) is 9.90 Å². The monoisotopic (exact) mass is 319 g/mol. The first-order valence-electron chi connectivity index (χ1n) is 8.25. The quantitative estimate of drug-likeness (QED) is 0.830. The van der Waals surface area contributed by atoms with Crippen molar-refractivity contribution in [2.24, 2.45) is 5.92 Å². The number of aliphatic hydroxyl groups is 1. The van der Waals surface area contributed by atoms with Crippen LogP contribution in [-0.2, 0) is 16.0 Å². The van der Waals surface area contributed by atoms with E-state index in [1.807, 2.05) is 19.2 Å². The molecular formula is C17H25N3O3. The minimum atomic E-state index is -1.24. The molecule has 3 rings (SSSR count). The Morgan fingerprint density at radius 1 is 1.39 bits per heavy atom. The third kappa shape index (κ3) is 3.88. The lowest BCUT2D eigenvalue weighted by Gasteiger charge is -2.36. The summed E-state index contributed by atoms with van der Waals surface area (Å²) < 4.78 is 5.56. The molecule has 0 unspecified atom stereocenters. The van der Waals surface area contributed by atoms with Gasteiger partial charge in [-0.15, -0.1) is 0 Å². The van der Waals surface area contributed by atoms with E-state index in [1.165, 1.54) is 5.56 Å². The van der Waals surface area contributed by atoms with Crippen LogP contribution < -0.4 is 5.32 Å². The zero-order chi connectivity index (χ0) is 16.3. The van der Waals surface area contributed by atoms with Gasteiger partial charge in [0, 0.05) is 31.4 Å². The Morgan fingerprint density at radius 2 is 2.09 bits per heavy atom. The largest absolute Gasteiger partial charge is 0.380 e. The molecule has 2 saturated heterocycles. The summed E-state index contributed by atoms with van der Waals surface area (Å²) >= 11 is 0. The molecule has 6 heteroatoms. The molecule has 2 atom stereocenters. The van der Waals surface area contributed by atoms with Crippen LogP contribution in [-0.4, -0.2) is 65.9 Å². The average Bonchev–Trinajstić information content (AvgIpc) is 2.98. The predicted molar refractivity (Wildman–Crippen MR) is 85.9 cm³/mol. The molecule has 1 aromatic rings. The van der Waals surface area contributed by atoms with Gasteiger partial charge in [-0.2, -0.15) is 0 Å². The Bertz CT molecular complexity index is 529. The maximum Gasteiger partial charge on any atom is 0.252 e. The Balaban J connectivity index is 1.59. The highest BCUT2D eigenvalue weighted by atomic mass is 16.5. The second kappa shape index (κ2) is 6.95. The Morgan fingerprint density at radius 3 is 2.78 bits per heavy atom. The van der Waals surface area contributed by atoms with Crippen molar-refractivity contribution in [1.29, 1.82) is 0 Å². The third-order valence-corrected chi connectivity index (χ3v) is 5.00.